The van der Waals surface area contributed by atoms with Gasteiger partial charge in [-0.3, -0.25) is 0 Å². The zero-order chi connectivity index (χ0) is 11.4. The number of hydrogen-bond acceptors (Lipinski definition) is 3. The van der Waals surface area contributed by atoms with Crippen molar-refractivity contribution < 1.29 is 4.52 Å². The number of hydrogen-bond donors (Lipinski definition) is 0. The van der Waals surface area contributed by atoms with Crippen molar-refractivity contribution in [3.63, 3.8) is 0 Å². The maximum atomic E-state index is 5.92. The zero-order valence-electron chi connectivity index (χ0n) is 9.79. The van der Waals surface area contributed by atoms with Gasteiger partial charge < -0.3 is 4.52 Å². The minimum absolute atomic E-state index is 0.185. The van der Waals surface area contributed by atoms with Crippen LogP contribution in [0.2, 0.25) is 0 Å². The molecular formula is C12H19ClN2O. The topological polar surface area (TPSA) is 38.9 Å². The first-order valence-electron chi connectivity index (χ1n) is 6.25. The summed E-state index contributed by atoms with van der Waals surface area (Å²) in [6.45, 7) is 1.86. The molecule has 1 unspecified atom stereocenters. The van der Waals surface area contributed by atoms with E-state index in [-0.39, 0.29) is 5.38 Å². The molecule has 3 nitrogen and oxygen atoms in total. The average molecular weight is 243 g/mol. The normalized spacial score (nSPS) is 21.4. The van der Waals surface area contributed by atoms with Crippen LogP contribution in [-0.2, 0) is 0 Å². The fraction of sp³-hybridized carbons (Fsp3) is 0.833. The van der Waals surface area contributed by atoms with E-state index in [1.54, 1.807) is 0 Å². The van der Waals surface area contributed by atoms with Gasteiger partial charge in [0.2, 0.25) is 5.89 Å². The fourth-order valence-electron chi connectivity index (χ4n) is 2.29. The summed E-state index contributed by atoms with van der Waals surface area (Å²) in [5, 5.41) is 3.88. The molecule has 2 rings (SSSR count). The van der Waals surface area contributed by atoms with Crippen LogP contribution in [0.5, 0.6) is 0 Å². The quantitative estimate of drug-likeness (QED) is 0.730. The third-order valence-electron chi connectivity index (χ3n) is 3.27. The van der Waals surface area contributed by atoms with Crippen LogP contribution >= 0.6 is 11.6 Å². The SMILES string of the molecule is CC(Cl)c1nc(C2CCCCCCC2)no1. The highest BCUT2D eigenvalue weighted by Gasteiger charge is 2.20. The highest BCUT2D eigenvalue weighted by molar-refractivity contribution is 6.20. The van der Waals surface area contributed by atoms with Gasteiger partial charge in [0, 0.05) is 5.92 Å². The molecule has 0 amide bonds. The van der Waals surface area contributed by atoms with Gasteiger partial charge in [-0.05, 0) is 19.8 Å². The van der Waals surface area contributed by atoms with E-state index >= 15 is 0 Å². The minimum Gasteiger partial charge on any atom is -0.338 e. The minimum atomic E-state index is -0.185. The Balaban J connectivity index is 2.02. The number of nitrogens with zero attached hydrogens (tertiary/aromatic N) is 2. The molecule has 90 valence electrons. The lowest BCUT2D eigenvalue weighted by Crippen LogP contribution is -2.04. The molecule has 0 saturated heterocycles. The smallest absolute Gasteiger partial charge is 0.244 e. The Hall–Kier alpha value is -0.570. The third-order valence-corrected chi connectivity index (χ3v) is 3.45. The molecular weight excluding hydrogens is 224 g/mol. The summed E-state index contributed by atoms with van der Waals surface area (Å²) in [6, 6.07) is 0. The van der Waals surface area contributed by atoms with Crippen molar-refractivity contribution in [2.75, 3.05) is 0 Å². The molecule has 1 aromatic rings. The Labute approximate surface area is 102 Å². The lowest BCUT2D eigenvalue weighted by atomic mass is 9.91. The van der Waals surface area contributed by atoms with Gasteiger partial charge in [0.25, 0.3) is 0 Å². The molecule has 1 atom stereocenters. The van der Waals surface area contributed by atoms with Crippen LogP contribution < -0.4 is 0 Å². The predicted octanol–water partition coefficient (Wildman–Crippen LogP) is 4.20. The molecule has 4 heteroatoms. The van der Waals surface area contributed by atoms with E-state index in [1.807, 2.05) is 6.92 Å². The molecule has 0 aromatic carbocycles. The highest BCUT2D eigenvalue weighted by Crippen LogP contribution is 2.30. The molecule has 0 bridgehead atoms. The molecule has 1 aliphatic rings. The molecule has 1 heterocycles. The first kappa shape index (κ1) is 11.9. The van der Waals surface area contributed by atoms with Gasteiger partial charge in [-0.15, -0.1) is 11.6 Å². The van der Waals surface area contributed by atoms with E-state index in [9.17, 15) is 0 Å². The zero-order valence-corrected chi connectivity index (χ0v) is 10.5. The molecule has 1 fully saturated rings. The van der Waals surface area contributed by atoms with Crippen LogP contribution in [0.25, 0.3) is 0 Å². The lowest BCUT2D eigenvalue weighted by Gasteiger charge is -2.15. The molecule has 0 N–H and O–H groups in total. The van der Waals surface area contributed by atoms with Gasteiger partial charge in [-0.25, -0.2) is 0 Å². The molecule has 0 aliphatic heterocycles. The fourth-order valence-corrected chi connectivity index (χ4v) is 2.38. The maximum absolute atomic E-state index is 5.92. The number of aromatic nitrogens is 2. The van der Waals surface area contributed by atoms with Gasteiger partial charge in [-0.2, -0.15) is 4.98 Å². The van der Waals surface area contributed by atoms with Crippen molar-refractivity contribution >= 4 is 11.6 Å². The second-order valence-electron chi connectivity index (χ2n) is 4.65. The second-order valence-corrected chi connectivity index (χ2v) is 5.30. The predicted molar refractivity (Wildman–Crippen MR) is 63.6 cm³/mol. The second kappa shape index (κ2) is 5.67. The van der Waals surface area contributed by atoms with Crippen LogP contribution in [0, 0.1) is 0 Å². The van der Waals surface area contributed by atoms with E-state index in [2.05, 4.69) is 10.1 Å². The molecule has 1 aromatic heterocycles. The lowest BCUT2D eigenvalue weighted by molar-refractivity contribution is 0.361. The summed E-state index contributed by atoms with van der Waals surface area (Å²) in [7, 11) is 0. The van der Waals surface area contributed by atoms with E-state index in [0.717, 1.165) is 5.82 Å². The summed E-state index contributed by atoms with van der Waals surface area (Å²) < 4.78 is 5.16. The summed E-state index contributed by atoms with van der Waals surface area (Å²) in [4.78, 5) is 4.40. The molecule has 0 radical (unpaired) electrons. The summed E-state index contributed by atoms with van der Waals surface area (Å²) in [6.07, 6.45) is 9.00. The van der Waals surface area contributed by atoms with Crippen LogP contribution in [0.3, 0.4) is 0 Å². The Kier molecular flexibility index (Phi) is 4.22. The molecule has 1 saturated carbocycles. The molecule has 0 spiro atoms. The van der Waals surface area contributed by atoms with Gasteiger partial charge in [0.05, 0.1) is 0 Å². The summed E-state index contributed by atoms with van der Waals surface area (Å²) in [5.74, 6) is 1.90. The highest BCUT2D eigenvalue weighted by atomic mass is 35.5. The first-order valence-corrected chi connectivity index (χ1v) is 6.68. The van der Waals surface area contributed by atoms with E-state index in [0.29, 0.717) is 11.8 Å². The van der Waals surface area contributed by atoms with Crippen molar-refractivity contribution in [1.29, 1.82) is 0 Å². The number of alkyl halides is 1. The van der Waals surface area contributed by atoms with Gasteiger partial charge in [0.1, 0.15) is 5.38 Å². The van der Waals surface area contributed by atoms with Crippen molar-refractivity contribution in [1.82, 2.24) is 10.1 Å². The standard InChI is InChI=1S/C12H19ClN2O/c1-9(13)12-14-11(15-16-12)10-7-5-3-2-4-6-8-10/h9-10H,2-8H2,1H3. The van der Waals surface area contributed by atoms with Crippen molar-refractivity contribution in [3.05, 3.63) is 11.7 Å². The van der Waals surface area contributed by atoms with Crippen molar-refractivity contribution in [2.24, 2.45) is 0 Å². The Morgan fingerprint density at radius 3 is 2.38 bits per heavy atom. The van der Waals surface area contributed by atoms with Crippen LogP contribution in [0.15, 0.2) is 4.52 Å². The molecule has 1 aliphatic carbocycles. The van der Waals surface area contributed by atoms with Crippen LogP contribution in [0.4, 0.5) is 0 Å². The largest absolute Gasteiger partial charge is 0.338 e. The van der Waals surface area contributed by atoms with Crippen LogP contribution in [0.1, 0.15) is 74.9 Å². The monoisotopic (exact) mass is 242 g/mol. The van der Waals surface area contributed by atoms with E-state index in [4.69, 9.17) is 16.1 Å². The number of halogens is 1. The number of rotatable bonds is 2. The van der Waals surface area contributed by atoms with Crippen molar-refractivity contribution in [3.8, 4) is 0 Å². The average Bonchev–Trinajstić information content (AvgIpc) is 2.66. The van der Waals surface area contributed by atoms with E-state index in [1.165, 1.54) is 44.9 Å². The van der Waals surface area contributed by atoms with Gasteiger partial charge in [0.15, 0.2) is 5.82 Å². The Morgan fingerprint density at radius 2 is 1.81 bits per heavy atom. The van der Waals surface area contributed by atoms with E-state index < -0.39 is 0 Å². The Bertz CT molecular complexity index is 317. The third kappa shape index (κ3) is 2.97. The molecule has 16 heavy (non-hydrogen) atoms. The Morgan fingerprint density at radius 1 is 1.19 bits per heavy atom. The maximum Gasteiger partial charge on any atom is 0.244 e. The van der Waals surface area contributed by atoms with Gasteiger partial charge >= 0.3 is 0 Å². The summed E-state index contributed by atoms with van der Waals surface area (Å²) >= 11 is 5.92. The first-order chi connectivity index (χ1) is 7.77. The van der Waals surface area contributed by atoms with Gasteiger partial charge in [-0.1, -0.05) is 37.3 Å². The van der Waals surface area contributed by atoms with Crippen LogP contribution in [-0.4, -0.2) is 10.1 Å². The summed E-state index contributed by atoms with van der Waals surface area (Å²) in [5.41, 5.74) is 0. The van der Waals surface area contributed by atoms with Crippen molar-refractivity contribution in [2.45, 2.75) is 63.2 Å².